The number of carbonyl (C=O) groups is 1. The topological polar surface area (TPSA) is 98.1 Å². The van der Waals surface area contributed by atoms with Gasteiger partial charge in [0.1, 0.15) is 24.0 Å². The number of hydrogen-bond donors (Lipinski definition) is 2. The number of fused-ring (bicyclic) bond motifs is 2. The maximum Gasteiger partial charge on any atom is 0.319 e. The van der Waals surface area contributed by atoms with Crippen LogP contribution in [0.4, 0.5) is 0 Å². The summed E-state index contributed by atoms with van der Waals surface area (Å²) in [6.07, 6.45) is 0. The van der Waals surface area contributed by atoms with Gasteiger partial charge in [-0.25, -0.2) is 0 Å². The predicted octanol–water partition coefficient (Wildman–Crippen LogP) is 5.81. The maximum absolute atomic E-state index is 12.7. The first-order valence-electron chi connectivity index (χ1n) is 12.0. The van der Waals surface area contributed by atoms with Gasteiger partial charge in [0.15, 0.2) is 11.5 Å². The lowest BCUT2D eigenvalue weighted by Crippen LogP contribution is -2.38. The summed E-state index contributed by atoms with van der Waals surface area (Å²) in [6.45, 7) is 2.67. The van der Waals surface area contributed by atoms with E-state index in [-0.39, 0.29) is 11.6 Å². The zero-order valence-electron chi connectivity index (χ0n) is 20.6. The van der Waals surface area contributed by atoms with Crippen LogP contribution in [-0.4, -0.2) is 30.7 Å². The molecule has 37 heavy (non-hydrogen) atoms. The molecule has 0 spiro atoms. The van der Waals surface area contributed by atoms with E-state index in [1.807, 2.05) is 43.3 Å². The Balaban J connectivity index is 1.49. The molecule has 2 unspecified atom stereocenters. The Bertz CT molecular complexity index is 1480. The van der Waals surface area contributed by atoms with Crippen molar-refractivity contribution < 1.29 is 28.8 Å². The smallest absolute Gasteiger partial charge is 0.319 e. The second-order valence-electron chi connectivity index (χ2n) is 8.78. The molecular weight excluding hydrogens is 470 g/mol. The van der Waals surface area contributed by atoms with Crippen LogP contribution in [0.1, 0.15) is 29.5 Å². The summed E-state index contributed by atoms with van der Waals surface area (Å²) < 4.78 is 22.7. The molecule has 2 atom stereocenters. The molecule has 188 valence electrons. The monoisotopic (exact) mass is 497 g/mol. The van der Waals surface area contributed by atoms with Crippen molar-refractivity contribution >= 4 is 22.6 Å². The highest BCUT2D eigenvalue weighted by Crippen LogP contribution is 2.45. The number of carbonyl (C=O) groups excluding carboxylic acids is 1. The minimum atomic E-state index is -0.985. The third-order valence-electron chi connectivity index (χ3n) is 6.46. The van der Waals surface area contributed by atoms with E-state index < -0.39 is 17.8 Å². The van der Waals surface area contributed by atoms with E-state index in [1.54, 1.807) is 6.07 Å². The van der Waals surface area contributed by atoms with Gasteiger partial charge in [-0.1, -0.05) is 48.5 Å². The van der Waals surface area contributed by atoms with E-state index in [0.717, 1.165) is 16.5 Å². The normalized spacial score (nSPS) is 16.5. The van der Waals surface area contributed by atoms with Crippen LogP contribution >= 0.6 is 0 Å². The number of benzene rings is 4. The van der Waals surface area contributed by atoms with E-state index >= 15 is 0 Å². The van der Waals surface area contributed by atoms with Crippen molar-refractivity contribution in [3.8, 4) is 23.0 Å². The predicted molar refractivity (Wildman–Crippen MR) is 140 cm³/mol. The largest absolute Gasteiger partial charge is 0.508 e. The summed E-state index contributed by atoms with van der Waals surface area (Å²) in [4.78, 5) is 12.7. The van der Waals surface area contributed by atoms with Gasteiger partial charge in [-0.3, -0.25) is 10.2 Å². The highest BCUT2D eigenvalue weighted by Gasteiger charge is 2.42. The summed E-state index contributed by atoms with van der Waals surface area (Å²) in [5, 5.41) is 20.6. The standard InChI is InChI=1S/C30H27NO6/c1-3-35-26-15-21(10-13-24(26)36-17-18-8-9-19-6-4-5-7-20(19)14-18)27-23-12-11-22(32)16-25(23)37-29(31)28(27)30(33)34-2/h4-16,27-28,31-32H,3,17H2,1-2H3. The molecule has 0 amide bonds. The van der Waals surface area contributed by atoms with Crippen molar-refractivity contribution in [3.63, 3.8) is 0 Å². The van der Waals surface area contributed by atoms with Crippen molar-refractivity contribution in [1.29, 1.82) is 5.41 Å². The van der Waals surface area contributed by atoms with Crippen LogP contribution in [0, 0.1) is 11.3 Å². The molecule has 5 rings (SSSR count). The van der Waals surface area contributed by atoms with Crippen LogP contribution < -0.4 is 14.2 Å². The molecule has 1 aliphatic rings. The molecular formula is C30H27NO6. The van der Waals surface area contributed by atoms with Crippen LogP contribution in [0.5, 0.6) is 23.0 Å². The van der Waals surface area contributed by atoms with Gasteiger partial charge >= 0.3 is 5.97 Å². The molecule has 2 N–H and O–H groups in total. The van der Waals surface area contributed by atoms with E-state index in [2.05, 4.69) is 24.3 Å². The highest BCUT2D eigenvalue weighted by molar-refractivity contribution is 6.00. The number of esters is 1. The van der Waals surface area contributed by atoms with Crippen LogP contribution in [0.2, 0.25) is 0 Å². The second-order valence-corrected chi connectivity index (χ2v) is 8.78. The summed E-state index contributed by atoms with van der Waals surface area (Å²) in [5.74, 6) is -0.949. The molecule has 0 aromatic heterocycles. The van der Waals surface area contributed by atoms with Crippen LogP contribution in [0.3, 0.4) is 0 Å². The Morgan fingerprint density at radius 2 is 1.76 bits per heavy atom. The quantitative estimate of drug-likeness (QED) is 0.313. The Morgan fingerprint density at radius 3 is 2.54 bits per heavy atom. The van der Waals surface area contributed by atoms with Crippen LogP contribution in [0.25, 0.3) is 10.8 Å². The molecule has 4 aromatic carbocycles. The number of rotatable bonds is 7. The Hall–Kier alpha value is -4.52. The van der Waals surface area contributed by atoms with Gasteiger partial charge < -0.3 is 24.1 Å². The molecule has 0 saturated carbocycles. The van der Waals surface area contributed by atoms with Gasteiger partial charge in [0.2, 0.25) is 5.90 Å². The van der Waals surface area contributed by atoms with Crippen LogP contribution in [-0.2, 0) is 16.1 Å². The SMILES string of the molecule is CCOc1cc(C2c3ccc(O)cc3OC(=N)C2C(=O)OC)ccc1OCc1ccc2ccccc2c1. The number of methoxy groups -OCH3 is 1. The molecule has 1 aliphatic heterocycles. The lowest BCUT2D eigenvalue weighted by molar-refractivity contribution is -0.143. The molecule has 4 aromatic rings. The van der Waals surface area contributed by atoms with Crippen molar-refractivity contribution in [3.05, 3.63) is 95.6 Å². The van der Waals surface area contributed by atoms with Crippen molar-refractivity contribution in [1.82, 2.24) is 0 Å². The zero-order chi connectivity index (χ0) is 25.9. The first-order valence-corrected chi connectivity index (χ1v) is 12.0. The van der Waals surface area contributed by atoms with E-state index in [4.69, 9.17) is 24.4 Å². The van der Waals surface area contributed by atoms with Crippen molar-refractivity contribution in [2.75, 3.05) is 13.7 Å². The fourth-order valence-electron chi connectivity index (χ4n) is 4.72. The van der Waals surface area contributed by atoms with Gasteiger partial charge in [-0.2, -0.15) is 0 Å². The number of ether oxygens (including phenoxy) is 4. The Labute approximate surface area is 214 Å². The molecule has 0 aliphatic carbocycles. The third-order valence-corrected chi connectivity index (χ3v) is 6.46. The van der Waals surface area contributed by atoms with Crippen molar-refractivity contribution in [2.24, 2.45) is 5.92 Å². The summed E-state index contributed by atoms with van der Waals surface area (Å²) in [6, 6.07) is 24.5. The average Bonchev–Trinajstić information content (AvgIpc) is 2.91. The highest BCUT2D eigenvalue weighted by atomic mass is 16.5. The number of aromatic hydroxyl groups is 1. The zero-order valence-corrected chi connectivity index (χ0v) is 20.6. The van der Waals surface area contributed by atoms with Gasteiger partial charge in [-0.15, -0.1) is 0 Å². The minimum Gasteiger partial charge on any atom is -0.508 e. The molecule has 0 radical (unpaired) electrons. The number of phenolic OH excluding ortho intramolecular Hbond substituents is 1. The first kappa shape index (κ1) is 24.2. The molecule has 0 saturated heterocycles. The second kappa shape index (κ2) is 10.2. The Kier molecular flexibility index (Phi) is 6.68. The number of hydrogen-bond acceptors (Lipinski definition) is 7. The molecule has 1 heterocycles. The first-order chi connectivity index (χ1) is 18.0. The number of phenols is 1. The lowest BCUT2D eigenvalue weighted by atomic mass is 9.78. The summed E-state index contributed by atoms with van der Waals surface area (Å²) in [7, 11) is 1.29. The van der Waals surface area contributed by atoms with E-state index in [1.165, 1.54) is 24.6 Å². The van der Waals surface area contributed by atoms with E-state index in [9.17, 15) is 9.90 Å². The molecule has 0 fully saturated rings. The maximum atomic E-state index is 12.7. The van der Waals surface area contributed by atoms with E-state index in [0.29, 0.717) is 36.0 Å². The fraction of sp³-hybridized carbons (Fsp3) is 0.200. The average molecular weight is 498 g/mol. The van der Waals surface area contributed by atoms with Gasteiger partial charge in [-0.05, 0) is 53.1 Å². The fourth-order valence-corrected chi connectivity index (χ4v) is 4.72. The van der Waals surface area contributed by atoms with Gasteiger partial charge in [0, 0.05) is 17.5 Å². The number of nitrogens with one attached hydrogen (secondary N) is 1. The third kappa shape index (κ3) is 4.80. The molecule has 7 nitrogen and oxygen atoms in total. The van der Waals surface area contributed by atoms with Crippen molar-refractivity contribution in [2.45, 2.75) is 19.4 Å². The van der Waals surface area contributed by atoms with Gasteiger partial charge in [0.25, 0.3) is 0 Å². The lowest BCUT2D eigenvalue weighted by Gasteiger charge is -2.32. The summed E-state index contributed by atoms with van der Waals surface area (Å²) >= 11 is 0. The summed E-state index contributed by atoms with van der Waals surface area (Å²) in [5.41, 5.74) is 2.43. The molecule has 0 bridgehead atoms. The van der Waals surface area contributed by atoms with Gasteiger partial charge in [0.05, 0.1) is 13.7 Å². The van der Waals surface area contributed by atoms with Crippen LogP contribution in [0.15, 0.2) is 78.9 Å². The Morgan fingerprint density at radius 1 is 0.946 bits per heavy atom. The minimum absolute atomic E-state index is 0.00858. The molecule has 7 heteroatoms.